The van der Waals surface area contributed by atoms with Gasteiger partial charge in [0, 0.05) is 36.7 Å². The summed E-state index contributed by atoms with van der Waals surface area (Å²) in [5.41, 5.74) is 0.996. The molecule has 0 bridgehead atoms. The highest BCUT2D eigenvalue weighted by molar-refractivity contribution is 5.90. The number of pyridine rings is 1. The normalized spacial score (nSPS) is 18.5. The Bertz CT molecular complexity index is 835. The van der Waals surface area contributed by atoms with E-state index < -0.39 is 6.10 Å². The largest absolute Gasteiger partial charge is 0.493 e. The van der Waals surface area contributed by atoms with Crippen molar-refractivity contribution in [1.29, 1.82) is 0 Å². The number of nitrogens with zero attached hydrogens (tertiary/aromatic N) is 1. The molecule has 0 unspecified atom stereocenters. The number of hydrogen-bond donors (Lipinski definition) is 2. The fourth-order valence-electron chi connectivity index (χ4n) is 3.22. The van der Waals surface area contributed by atoms with Crippen LogP contribution in [0.2, 0.25) is 0 Å². The zero-order valence-electron chi connectivity index (χ0n) is 15.2. The molecule has 2 N–H and O–H groups in total. The number of fused-ring (bicyclic) bond motifs is 1. The first-order chi connectivity index (χ1) is 12.6. The first-order valence-corrected chi connectivity index (χ1v) is 8.40. The number of aliphatic hydroxyl groups is 1. The maximum absolute atomic E-state index is 12.5. The van der Waals surface area contributed by atoms with E-state index >= 15 is 0 Å². The van der Waals surface area contributed by atoms with E-state index in [2.05, 4.69) is 4.98 Å². The quantitative estimate of drug-likeness (QED) is 0.808. The summed E-state index contributed by atoms with van der Waals surface area (Å²) in [5, 5.41) is 10.6. The highest BCUT2D eigenvalue weighted by atomic mass is 16.5. The SMILES string of the molecule is COc1cc2[nH]c(=O)c(CN3CCOC[C@H](O)C3)cc2c(OC)c1OC. The molecule has 1 aliphatic rings. The van der Waals surface area contributed by atoms with E-state index in [4.69, 9.17) is 18.9 Å². The maximum Gasteiger partial charge on any atom is 0.252 e. The summed E-state index contributed by atoms with van der Waals surface area (Å²) in [6.45, 7) is 2.35. The van der Waals surface area contributed by atoms with Crippen LogP contribution in [0.15, 0.2) is 16.9 Å². The molecule has 0 spiro atoms. The third kappa shape index (κ3) is 3.62. The van der Waals surface area contributed by atoms with Gasteiger partial charge in [-0.2, -0.15) is 0 Å². The zero-order valence-corrected chi connectivity index (χ0v) is 15.2. The Labute approximate surface area is 151 Å². The summed E-state index contributed by atoms with van der Waals surface area (Å²) in [6.07, 6.45) is -0.559. The molecule has 0 radical (unpaired) electrons. The first kappa shape index (κ1) is 18.5. The van der Waals surface area contributed by atoms with Gasteiger partial charge in [-0.05, 0) is 6.07 Å². The van der Waals surface area contributed by atoms with Crippen LogP contribution >= 0.6 is 0 Å². The lowest BCUT2D eigenvalue weighted by atomic mass is 10.1. The fraction of sp³-hybridized carbons (Fsp3) is 0.500. The summed E-state index contributed by atoms with van der Waals surface area (Å²) < 4.78 is 21.6. The number of β-amino-alcohol motifs (C(OH)–C–C–N with tert-alkyl or cyclic N) is 1. The number of nitrogens with one attached hydrogen (secondary N) is 1. The van der Waals surface area contributed by atoms with E-state index in [0.717, 1.165) is 5.39 Å². The van der Waals surface area contributed by atoms with Crippen LogP contribution < -0.4 is 19.8 Å². The van der Waals surface area contributed by atoms with Gasteiger partial charge in [-0.15, -0.1) is 0 Å². The summed E-state index contributed by atoms with van der Waals surface area (Å²) in [4.78, 5) is 17.4. The predicted molar refractivity (Wildman–Crippen MR) is 96.3 cm³/mol. The van der Waals surface area contributed by atoms with E-state index in [9.17, 15) is 9.90 Å². The molecule has 8 heteroatoms. The van der Waals surface area contributed by atoms with Crippen molar-refractivity contribution in [2.24, 2.45) is 0 Å². The van der Waals surface area contributed by atoms with Gasteiger partial charge in [-0.25, -0.2) is 0 Å². The van der Waals surface area contributed by atoms with Crippen molar-refractivity contribution >= 4 is 10.9 Å². The smallest absolute Gasteiger partial charge is 0.252 e. The van der Waals surface area contributed by atoms with Gasteiger partial charge in [0.1, 0.15) is 0 Å². The van der Waals surface area contributed by atoms with E-state index in [-0.39, 0.29) is 5.56 Å². The summed E-state index contributed by atoms with van der Waals surface area (Å²) in [7, 11) is 4.61. The minimum Gasteiger partial charge on any atom is -0.493 e. The topological polar surface area (TPSA) is 93.3 Å². The predicted octanol–water partition coefficient (Wildman–Crippen LogP) is 0.747. The van der Waals surface area contributed by atoms with Crippen molar-refractivity contribution in [2.75, 3.05) is 47.6 Å². The van der Waals surface area contributed by atoms with Gasteiger partial charge in [0.15, 0.2) is 11.5 Å². The molecule has 1 aliphatic heterocycles. The van der Waals surface area contributed by atoms with Crippen molar-refractivity contribution < 1.29 is 24.1 Å². The average Bonchev–Trinajstić information content (AvgIpc) is 2.84. The first-order valence-electron chi connectivity index (χ1n) is 8.40. The molecule has 0 amide bonds. The second-order valence-corrected chi connectivity index (χ2v) is 6.19. The lowest BCUT2D eigenvalue weighted by molar-refractivity contribution is 0.0562. The van der Waals surface area contributed by atoms with E-state index in [1.165, 1.54) is 14.2 Å². The van der Waals surface area contributed by atoms with Gasteiger partial charge in [0.25, 0.3) is 5.56 Å². The van der Waals surface area contributed by atoms with Gasteiger partial charge < -0.3 is 29.0 Å². The van der Waals surface area contributed by atoms with E-state index in [0.29, 0.717) is 61.2 Å². The van der Waals surface area contributed by atoms with Crippen molar-refractivity contribution in [3.05, 3.63) is 28.0 Å². The van der Waals surface area contributed by atoms with Gasteiger partial charge in [-0.1, -0.05) is 0 Å². The molecule has 26 heavy (non-hydrogen) atoms. The van der Waals surface area contributed by atoms with Crippen LogP contribution in [0.5, 0.6) is 17.2 Å². The Kier molecular flexibility index (Phi) is 5.65. The lowest BCUT2D eigenvalue weighted by Crippen LogP contribution is -2.34. The molecule has 142 valence electrons. The molecule has 1 saturated heterocycles. The standard InChI is InChI=1S/C18H24N2O6/c1-23-15-7-14-13(16(24-2)17(15)25-3)6-11(18(22)19-14)8-20-4-5-26-10-12(21)9-20/h6-7,12,21H,4-5,8-10H2,1-3H3,(H,19,22)/t12-/m1/s1. The Morgan fingerprint density at radius 1 is 1.23 bits per heavy atom. The number of ether oxygens (including phenoxy) is 4. The Hall–Kier alpha value is -2.29. The third-order valence-electron chi connectivity index (χ3n) is 4.45. The summed E-state index contributed by atoms with van der Waals surface area (Å²) >= 11 is 0. The number of benzene rings is 1. The minimum absolute atomic E-state index is 0.188. The molecule has 1 aromatic carbocycles. The number of hydrogen-bond acceptors (Lipinski definition) is 7. The molecule has 3 rings (SSSR count). The molecular formula is C18H24N2O6. The van der Waals surface area contributed by atoms with Crippen LogP contribution in [0.1, 0.15) is 5.56 Å². The number of H-pyrrole nitrogens is 1. The molecule has 1 fully saturated rings. The van der Waals surface area contributed by atoms with E-state index in [1.807, 2.05) is 4.90 Å². The number of aromatic nitrogens is 1. The molecule has 2 aromatic rings. The number of aliphatic hydroxyl groups excluding tert-OH is 1. The molecule has 0 aliphatic carbocycles. The Morgan fingerprint density at radius 2 is 2.00 bits per heavy atom. The van der Waals surface area contributed by atoms with Gasteiger partial charge >= 0.3 is 0 Å². The second-order valence-electron chi connectivity index (χ2n) is 6.19. The molecule has 8 nitrogen and oxygen atoms in total. The Morgan fingerprint density at radius 3 is 2.69 bits per heavy atom. The van der Waals surface area contributed by atoms with Crippen molar-refractivity contribution in [3.63, 3.8) is 0 Å². The van der Waals surface area contributed by atoms with Crippen LogP contribution in [0.4, 0.5) is 0 Å². The highest BCUT2D eigenvalue weighted by Crippen LogP contribution is 2.42. The summed E-state index contributed by atoms with van der Waals surface area (Å²) in [5.74, 6) is 1.45. The molecular weight excluding hydrogens is 340 g/mol. The highest BCUT2D eigenvalue weighted by Gasteiger charge is 2.20. The molecule has 1 aromatic heterocycles. The van der Waals surface area contributed by atoms with Gasteiger partial charge in [0.2, 0.25) is 5.75 Å². The van der Waals surface area contributed by atoms with Crippen LogP contribution in [-0.4, -0.2) is 68.7 Å². The number of rotatable bonds is 5. The van der Waals surface area contributed by atoms with Crippen LogP contribution in [0, 0.1) is 0 Å². The van der Waals surface area contributed by atoms with Gasteiger partial charge in [-0.3, -0.25) is 9.69 Å². The second kappa shape index (κ2) is 7.94. The van der Waals surface area contributed by atoms with Crippen molar-refractivity contribution in [3.8, 4) is 17.2 Å². The number of methoxy groups -OCH3 is 3. The monoisotopic (exact) mass is 364 g/mol. The van der Waals surface area contributed by atoms with E-state index in [1.54, 1.807) is 19.2 Å². The Balaban J connectivity index is 2.04. The number of aromatic amines is 1. The van der Waals surface area contributed by atoms with Crippen molar-refractivity contribution in [1.82, 2.24) is 9.88 Å². The molecule has 0 saturated carbocycles. The molecule has 1 atom stereocenters. The molecule has 2 heterocycles. The van der Waals surface area contributed by atoms with Crippen LogP contribution in [-0.2, 0) is 11.3 Å². The van der Waals surface area contributed by atoms with Crippen LogP contribution in [0.3, 0.4) is 0 Å². The minimum atomic E-state index is -0.559. The maximum atomic E-state index is 12.5. The summed E-state index contributed by atoms with van der Waals surface area (Å²) in [6, 6.07) is 3.51. The lowest BCUT2D eigenvalue weighted by Gasteiger charge is -2.21. The third-order valence-corrected chi connectivity index (χ3v) is 4.45. The fourth-order valence-corrected chi connectivity index (χ4v) is 3.22. The zero-order chi connectivity index (χ0) is 18.7. The van der Waals surface area contributed by atoms with Crippen molar-refractivity contribution in [2.45, 2.75) is 12.6 Å². The van der Waals surface area contributed by atoms with Gasteiger partial charge in [0.05, 0.1) is 46.2 Å². The van der Waals surface area contributed by atoms with Crippen LogP contribution in [0.25, 0.3) is 10.9 Å². The average molecular weight is 364 g/mol.